The molecule has 0 aliphatic rings. The molecule has 2 rings (SSSR count). The molecule has 0 unspecified atom stereocenters. The van der Waals surface area contributed by atoms with Crippen LogP contribution in [0.25, 0.3) is 0 Å². The molecule has 6 nitrogen and oxygen atoms in total. The Morgan fingerprint density at radius 1 is 1.04 bits per heavy atom. The minimum atomic E-state index is 0. The highest BCUT2D eigenvalue weighted by Crippen LogP contribution is 2.07. The van der Waals surface area contributed by atoms with Gasteiger partial charge in [0.15, 0.2) is 0 Å². The topological polar surface area (TPSA) is 98.9 Å². The van der Waals surface area contributed by atoms with Crippen molar-refractivity contribution in [3.63, 3.8) is 0 Å². The van der Waals surface area contributed by atoms with Gasteiger partial charge in [-0.25, -0.2) is 5.43 Å². The number of hydrogen-bond acceptors (Lipinski definition) is 4. The summed E-state index contributed by atoms with van der Waals surface area (Å²) in [5, 5.41) is 20.9. The van der Waals surface area contributed by atoms with Crippen LogP contribution in [0.1, 0.15) is 16.7 Å². The molecule has 0 heterocycles. The monoisotopic (exact) mass is 360 g/mol. The van der Waals surface area contributed by atoms with E-state index in [0.717, 1.165) is 11.1 Å². The number of nitrogens with two attached hydrogens (primary N) is 1. The van der Waals surface area contributed by atoms with Crippen molar-refractivity contribution in [1.29, 1.82) is 5.26 Å². The molecule has 2 aromatic carbocycles. The van der Waals surface area contributed by atoms with E-state index in [9.17, 15) is 0 Å². The highest BCUT2D eigenvalue weighted by Gasteiger charge is 1.91. The maximum atomic E-state index is 8.71. The van der Waals surface area contributed by atoms with Crippen molar-refractivity contribution in [2.45, 2.75) is 0 Å². The second-order valence-electron chi connectivity index (χ2n) is 4.39. The van der Waals surface area contributed by atoms with Crippen molar-refractivity contribution in [3.05, 3.63) is 70.2 Å². The largest absolute Gasteiger partial charge is 0.367 e. The summed E-state index contributed by atoms with van der Waals surface area (Å²) in [5.41, 5.74) is 10.4. The van der Waals surface area contributed by atoms with Crippen LogP contribution in [0.5, 0.6) is 0 Å². The Morgan fingerprint density at radius 2 is 1.62 bits per heavy atom. The number of hydrazone groups is 1. The standard InChI is InChI=1S/C16H13ClN6.ClH/c17-15-7-5-14(6-8-15)11-21-23-16(19)22-20-10-13-3-1-12(9-18)2-4-13;/h1-8,10-11H,(H3,19,22,23);1H. The highest BCUT2D eigenvalue weighted by atomic mass is 35.5. The number of benzene rings is 2. The van der Waals surface area contributed by atoms with Gasteiger partial charge >= 0.3 is 0 Å². The number of guanidine groups is 1. The van der Waals surface area contributed by atoms with E-state index in [-0.39, 0.29) is 18.4 Å². The first-order chi connectivity index (χ1) is 11.2. The van der Waals surface area contributed by atoms with Crippen LogP contribution in [0.4, 0.5) is 0 Å². The van der Waals surface area contributed by atoms with Crippen LogP contribution >= 0.6 is 24.0 Å². The molecule has 0 aromatic heterocycles. The van der Waals surface area contributed by atoms with Gasteiger partial charge in [-0.05, 0) is 35.4 Å². The summed E-state index contributed by atoms with van der Waals surface area (Å²) < 4.78 is 0. The summed E-state index contributed by atoms with van der Waals surface area (Å²) in [4.78, 5) is 0. The summed E-state index contributed by atoms with van der Waals surface area (Å²) in [5.74, 6) is 0.0557. The van der Waals surface area contributed by atoms with Gasteiger partial charge in [-0.2, -0.15) is 15.5 Å². The van der Waals surface area contributed by atoms with E-state index in [2.05, 4.69) is 20.7 Å². The zero-order valence-electron chi connectivity index (χ0n) is 12.4. The predicted octanol–water partition coefficient (Wildman–Crippen LogP) is 2.91. The molecule has 2 aromatic rings. The minimum Gasteiger partial charge on any atom is -0.367 e. The second-order valence-corrected chi connectivity index (χ2v) is 4.82. The van der Waals surface area contributed by atoms with Crippen LogP contribution in [0.3, 0.4) is 0 Å². The summed E-state index contributed by atoms with van der Waals surface area (Å²) >= 11 is 5.79. The Hall–Kier alpha value is -2.88. The van der Waals surface area contributed by atoms with Gasteiger partial charge in [-0.3, -0.25) is 0 Å². The second kappa shape index (κ2) is 10.0. The van der Waals surface area contributed by atoms with Crippen molar-refractivity contribution < 1.29 is 0 Å². The molecule has 0 bridgehead atoms. The lowest BCUT2D eigenvalue weighted by molar-refractivity contribution is 0.994. The molecule has 24 heavy (non-hydrogen) atoms. The molecule has 0 saturated heterocycles. The predicted molar refractivity (Wildman–Crippen MR) is 99.8 cm³/mol. The first kappa shape index (κ1) is 19.2. The van der Waals surface area contributed by atoms with Crippen LogP contribution in [0, 0.1) is 11.3 Å². The van der Waals surface area contributed by atoms with Crippen LogP contribution in [0.15, 0.2) is 63.8 Å². The fourth-order valence-corrected chi connectivity index (χ4v) is 1.67. The SMILES string of the molecule is Cl.N#Cc1ccc(C=NNC(N)=NN=Cc2ccc(Cl)cc2)cc1. The van der Waals surface area contributed by atoms with E-state index in [1.54, 1.807) is 48.8 Å². The Balaban J connectivity index is 0.00000288. The number of rotatable bonds is 4. The van der Waals surface area contributed by atoms with Crippen LogP contribution < -0.4 is 11.2 Å². The van der Waals surface area contributed by atoms with Gasteiger partial charge < -0.3 is 5.73 Å². The molecule has 0 saturated carbocycles. The molecule has 0 radical (unpaired) electrons. The Kier molecular flexibility index (Phi) is 7.99. The summed E-state index contributed by atoms with van der Waals surface area (Å²) in [6, 6.07) is 16.1. The number of halogens is 2. The Labute approximate surface area is 150 Å². The van der Waals surface area contributed by atoms with Gasteiger partial charge in [0.05, 0.1) is 24.1 Å². The summed E-state index contributed by atoms with van der Waals surface area (Å²) in [6.07, 6.45) is 3.11. The third-order valence-corrected chi connectivity index (χ3v) is 2.93. The molecule has 0 amide bonds. The molecule has 8 heteroatoms. The van der Waals surface area contributed by atoms with Crippen LogP contribution in [-0.2, 0) is 0 Å². The molecular formula is C16H14Cl2N6. The van der Waals surface area contributed by atoms with Crippen molar-refractivity contribution in [2.24, 2.45) is 21.0 Å². The lowest BCUT2D eigenvalue weighted by Gasteiger charge is -1.96. The Bertz CT molecular complexity index is 774. The minimum absolute atomic E-state index is 0. The number of nitrogens with one attached hydrogen (secondary N) is 1. The molecule has 0 fully saturated rings. The highest BCUT2D eigenvalue weighted by molar-refractivity contribution is 6.30. The van der Waals surface area contributed by atoms with Gasteiger partial charge in [0.25, 0.3) is 0 Å². The van der Waals surface area contributed by atoms with Gasteiger partial charge in [-0.1, -0.05) is 35.9 Å². The van der Waals surface area contributed by atoms with Crippen LogP contribution in [-0.4, -0.2) is 18.4 Å². The first-order valence-corrected chi connectivity index (χ1v) is 6.96. The van der Waals surface area contributed by atoms with Gasteiger partial charge in [0, 0.05) is 5.02 Å². The van der Waals surface area contributed by atoms with E-state index in [1.165, 1.54) is 0 Å². The lowest BCUT2D eigenvalue weighted by atomic mass is 10.2. The maximum Gasteiger partial charge on any atom is 0.234 e. The third-order valence-electron chi connectivity index (χ3n) is 2.67. The molecule has 0 spiro atoms. The van der Waals surface area contributed by atoms with Gasteiger partial charge in [-0.15, -0.1) is 17.5 Å². The summed E-state index contributed by atoms with van der Waals surface area (Å²) in [6.45, 7) is 0. The average Bonchev–Trinajstić information content (AvgIpc) is 2.57. The molecule has 3 N–H and O–H groups in total. The van der Waals surface area contributed by atoms with Gasteiger partial charge in [0.2, 0.25) is 5.96 Å². The third kappa shape index (κ3) is 6.48. The zero-order valence-corrected chi connectivity index (χ0v) is 14.0. The molecule has 0 aliphatic heterocycles. The van der Waals surface area contributed by atoms with Crippen molar-refractivity contribution >= 4 is 42.4 Å². The van der Waals surface area contributed by atoms with Crippen molar-refractivity contribution in [3.8, 4) is 6.07 Å². The van der Waals surface area contributed by atoms with Gasteiger partial charge in [0.1, 0.15) is 0 Å². The summed E-state index contributed by atoms with van der Waals surface area (Å²) in [7, 11) is 0. The van der Waals surface area contributed by atoms with E-state index in [1.807, 2.05) is 18.2 Å². The molecule has 122 valence electrons. The van der Waals surface area contributed by atoms with E-state index in [4.69, 9.17) is 22.6 Å². The normalized spacial score (nSPS) is 11.2. The van der Waals surface area contributed by atoms with Crippen molar-refractivity contribution in [2.75, 3.05) is 0 Å². The maximum absolute atomic E-state index is 8.71. The number of nitriles is 1. The fourth-order valence-electron chi connectivity index (χ4n) is 1.55. The van der Waals surface area contributed by atoms with E-state index in [0.29, 0.717) is 10.6 Å². The fraction of sp³-hybridized carbons (Fsp3) is 0. The average molecular weight is 361 g/mol. The Morgan fingerprint density at radius 3 is 2.25 bits per heavy atom. The van der Waals surface area contributed by atoms with E-state index < -0.39 is 0 Å². The number of nitrogens with zero attached hydrogens (tertiary/aromatic N) is 4. The van der Waals surface area contributed by atoms with Crippen LogP contribution in [0.2, 0.25) is 5.02 Å². The van der Waals surface area contributed by atoms with Crippen molar-refractivity contribution in [1.82, 2.24) is 5.43 Å². The quantitative estimate of drug-likeness (QED) is 0.498. The first-order valence-electron chi connectivity index (χ1n) is 6.58. The number of hydrogen-bond donors (Lipinski definition) is 2. The lowest BCUT2D eigenvalue weighted by Crippen LogP contribution is -2.26. The molecule has 0 atom stereocenters. The smallest absolute Gasteiger partial charge is 0.234 e. The van der Waals surface area contributed by atoms with E-state index >= 15 is 0 Å². The molecular weight excluding hydrogens is 347 g/mol. The molecule has 0 aliphatic carbocycles. The zero-order chi connectivity index (χ0) is 16.5.